The molecule has 0 saturated carbocycles. The number of benzene rings is 2. The van der Waals surface area contributed by atoms with E-state index in [1.807, 2.05) is 41.2 Å². The lowest BCUT2D eigenvalue weighted by Gasteiger charge is -2.01. The summed E-state index contributed by atoms with van der Waals surface area (Å²) in [6, 6.07) is 11.2. The number of phenolic OH excluding ortho intramolecular Hbond substituents is 1. The molecule has 2 heterocycles. The second-order valence-corrected chi connectivity index (χ2v) is 7.11. The van der Waals surface area contributed by atoms with Crippen LogP contribution in [0, 0.1) is 0 Å². The van der Waals surface area contributed by atoms with Crippen LogP contribution in [0.25, 0.3) is 33.3 Å². The van der Waals surface area contributed by atoms with Crippen molar-refractivity contribution in [2.75, 3.05) is 19.9 Å². The standard InChI is InChI=1S/C20H18FN3O2S/c21-7-9-26-10-8-24-13-15-11-14(1-4-17(15)23-24)2-6-20-22-18-5-3-16(25)12-19(18)27-20/h1-6,11-13,25H,7-10H2/b6-2+. The number of fused-ring (bicyclic) bond motifs is 2. The van der Waals surface area contributed by atoms with Crippen molar-refractivity contribution in [2.45, 2.75) is 6.54 Å². The number of rotatable bonds is 7. The fraction of sp³-hybridized carbons (Fsp3) is 0.200. The van der Waals surface area contributed by atoms with Crippen molar-refractivity contribution in [1.82, 2.24) is 14.8 Å². The molecule has 0 unspecified atom stereocenters. The van der Waals surface area contributed by atoms with Crippen molar-refractivity contribution in [1.29, 1.82) is 0 Å². The number of hydrogen-bond acceptors (Lipinski definition) is 5. The lowest BCUT2D eigenvalue weighted by atomic mass is 10.1. The lowest BCUT2D eigenvalue weighted by molar-refractivity contribution is 0.110. The molecule has 138 valence electrons. The van der Waals surface area contributed by atoms with Crippen molar-refractivity contribution in [2.24, 2.45) is 0 Å². The highest BCUT2D eigenvalue weighted by molar-refractivity contribution is 7.19. The molecule has 4 aromatic rings. The maximum Gasteiger partial charge on any atom is 0.117 e. The van der Waals surface area contributed by atoms with Crippen LogP contribution in [0.5, 0.6) is 5.75 Å². The van der Waals surface area contributed by atoms with Gasteiger partial charge in [-0.1, -0.05) is 12.1 Å². The topological polar surface area (TPSA) is 60.2 Å². The number of alkyl halides is 1. The van der Waals surface area contributed by atoms with Gasteiger partial charge < -0.3 is 9.84 Å². The van der Waals surface area contributed by atoms with Gasteiger partial charge in [0.05, 0.1) is 35.5 Å². The van der Waals surface area contributed by atoms with Crippen molar-refractivity contribution >= 4 is 44.6 Å². The van der Waals surface area contributed by atoms with E-state index in [9.17, 15) is 9.50 Å². The predicted octanol–water partition coefficient (Wildman–Crippen LogP) is 4.51. The molecule has 1 N–H and O–H groups in total. The van der Waals surface area contributed by atoms with E-state index in [4.69, 9.17) is 4.74 Å². The zero-order chi connectivity index (χ0) is 18.6. The Morgan fingerprint density at radius 2 is 2.00 bits per heavy atom. The fourth-order valence-electron chi connectivity index (χ4n) is 2.80. The summed E-state index contributed by atoms with van der Waals surface area (Å²) in [5.41, 5.74) is 2.84. The van der Waals surface area contributed by atoms with Gasteiger partial charge in [0.1, 0.15) is 17.4 Å². The van der Waals surface area contributed by atoms with E-state index < -0.39 is 6.67 Å². The molecule has 0 saturated heterocycles. The monoisotopic (exact) mass is 383 g/mol. The molecular formula is C20H18FN3O2S. The van der Waals surface area contributed by atoms with Crippen LogP contribution < -0.4 is 0 Å². The number of phenols is 1. The number of thiazole rings is 1. The molecule has 0 amide bonds. The van der Waals surface area contributed by atoms with Gasteiger partial charge in [-0.3, -0.25) is 4.68 Å². The van der Waals surface area contributed by atoms with Crippen LogP contribution >= 0.6 is 11.3 Å². The number of halogens is 1. The molecule has 7 heteroatoms. The van der Waals surface area contributed by atoms with Crippen LogP contribution in [-0.4, -0.2) is 39.8 Å². The third kappa shape index (κ3) is 4.15. The van der Waals surface area contributed by atoms with Gasteiger partial charge in [-0.25, -0.2) is 9.37 Å². The number of aromatic nitrogens is 3. The van der Waals surface area contributed by atoms with Gasteiger partial charge in [-0.15, -0.1) is 11.3 Å². The summed E-state index contributed by atoms with van der Waals surface area (Å²) in [4.78, 5) is 4.55. The third-order valence-corrected chi connectivity index (χ3v) is 5.05. The third-order valence-electron chi connectivity index (χ3n) is 4.07. The highest BCUT2D eigenvalue weighted by Crippen LogP contribution is 2.27. The lowest BCUT2D eigenvalue weighted by Crippen LogP contribution is -2.07. The van der Waals surface area contributed by atoms with Crippen LogP contribution in [0.2, 0.25) is 0 Å². The summed E-state index contributed by atoms with van der Waals surface area (Å²) < 4.78 is 20.0. The average molecular weight is 383 g/mol. The van der Waals surface area contributed by atoms with Crippen molar-refractivity contribution in [3.8, 4) is 5.75 Å². The molecule has 0 atom stereocenters. The van der Waals surface area contributed by atoms with Gasteiger partial charge in [0, 0.05) is 11.6 Å². The summed E-state index contributed by atoms with van der Waals surface area (Å²) in [5.74, 6) is 0.249. The second kappa shape index (κ2) is 7.85. The molecule has 0 spiro atoms. The predicted molar refractivity (Wildman–Crippen MR) is 107 cm³/mol. The SMILES string of the molecule is Oc1ccc2nc(/C=C/c3ccc4nn(CCOCCF)cc4c3)sc2c1. The van der Waals surface area contributed by atoms with Crippen molar-refractivity contribution in [3.63, 3.8) is 0 Å². The first kappa shape index (κ1) is 17.6. The zero-order valence-electron chi connectivity index (χ0n) is 14.5. The van der Waals surface area contributed by atoms with Crippen LogP contribution in [0.15, 0.2) is 42.6 Å². The Bertz CT molecular complexity index is 1100. The smallest absolute Gasteiger partial charge is 0.117 e. The molecule has 0 fully saturated rings. The summed E-state index contributed by atoms with van der Waals surface area (Å²) in [6.07, 6.45) is 5.95. The maximum absolute atomic E-state index is 12.0. The summed E-state index contributed by atoms with van der Waals surface area (Å²) in [6.45, 7) is 0.698. The Kier molecular flexibility index (Phi) is 5.13. The van der Waals surface area contributed by atoms with E-state index in [2.05, 4.69) is 16.1 Å². The van der Waals surface area contributed by atoms with E-state index in [0.29, 0.717) is 13.2 Å². The zero-order valence-corrected chi connectivity index (χ0v) is 15.3. The van der Waals surface area contributed by atoms with Crippen molar-refractivity contribution < 1.29 is 14.2 Å². The minimum absolute atomic E-state index is 0.126. The number of ether oxygens (including phenoxy) is 1. The Hall–Kier alpha value is -2.77. The first-order chi connectivity index (χ1) is 13.2. The molecular weight excluding hydrogens is 365 g/mol. The first-order valence-corrected chi connectivity index (χ1v) is 9.41. The molecule has 4 rings (SSSR count). The number of aromatic hydroxyl groups is 1. The van der Waals surface area contributed by atoms with Gasteiger partial charge in [0.2, 0.25) is 0 Å². The van der Waals surface area contributed by atoms with Gasteiger partial charge in [-0.2, -0.15) is 5.10 Å². The van der Waals surface area contributed by atoms with E-state index in [-0.39, 0.29) is 12.4 Å². The summed E-state index contributed by atoms with van der Waals surface area (Å²) in [7, 11) is 0. The molecule has 0 aliphatic carbocycles. The number of hydrogen-bond donors (Lipinski definition) is 1. The molecule has 0 aliphatic heterocycles. The van der Waals surface area contributed by atoms with E-state index in [1.165, 1.54) is 11.3 Å². The molecule has 5 nitrogen and oxygen atoms in total. The molecule has 27 heavy (non-hydrogen) atoms. The van der Waals surface area contributed by atoms with Crippen LogP contribution in [0.4, 0.5) is 4.39 Å². The van der Waals surface area contributed by atoms with Gasteiger partial charge in [0.15, 0.2) is 0 Å². The Balaban J connectivity index is 1.49. The summed E-state index contributed by atoms with van der Waals surface area (Å²) >= 11 is 1.54. The minimum Gasteiger partial charge on any atom is -0.508 e. The fourth-order valence-corrected chi connectivity index (χ4v) is 3.70. The quantitative estimate of drug-likeness (QED) is 0.477. The molecule has 0 bridgehead atoms. The van der Waals surface area contributed by atoms with Crippen LogP contribution in [0.1, 0.15) is 10.6 Å². The van der Waals surface area contributed by atoms with Crippen molar-refractivity contribution in [3.05, 3.63) is 53.2 Å². The average Bonchev–Trinajstić information content (AvgIpc) is 3.25. The van der Waals surface area contributed by atoms with Gasteiger partial charge in [-0.05, 0) is 42.0 Å². The van der Waals surface area contributed by atoms with E-state index >= 15 is 0 Å². The molecule has 2 aromatic heterocycles. The van der Waals surface area contributed by atoms with E-state index in [0.717, 1.165) is 31.7 Å². The van der Waals surface area contributed by atoms with E-state index in [1.54, 1.807) is 12.1 Å². The highest BCUT2D eigenvalue weighted by atomic mass is 32.1. The maximum atomic E-state index is 12.0. The number of nitrogens with zero attached hydrogens (tertiary/aromatic N) is 3. The molecule has 2 aromatic carbocycles. The highest BCUT2D eigenvalue weighted by Gasteiger charge is 2.04. The Morgan fingerprint density at radius 3 is 2.89 bits per heavy atom. The van der Waals surface area contributed by atoms with Gasteiger partial charge >= 0.3 is 0 Å². The second-order valence-electron chi connectivity index (χ2n) is 6.05. The minimum atomic E-state index is -0.466. The Morgan fingerprint density at radius 1 is 1.11 bits per heavy atom. The Labute approximate surface area is 159 Å². The summed E-state index contributed by atoms with van der Waals surface area (Å²) in [5, 5.41) is 16.0. The largest absolute Gasteiger partial charge is 0.508 e. The normalized spacial score (nSPS) is 11.9. The van der Waals surface area contributed by atoms with Gasteiger partial charge in [0.25, 0.3) is 0 Å². The molecule has 0 radical (unpaired) electrons. The van der Waals surface area contributed by atoms with Crippen LogP contribution in [0.3, 0.4) is 0 Å². The van der Waals surface area contributed by atoms with Crippen LogP contribution in [-0.2, 0) is 11.3 Å². The first-order valence-electron chi connectivity index (χ1n) is 8.60. The molecule has 0 aliphatic rings.